The maximum absolute atomic E-state index is 5.82. The molecule has 1 aromatic rings. The molecule has 2 atom stereocenters. The van der Waals surface area contributed by atoms with Crippen LogP contribution < -0.4 is 4.74 Å². The van der Waals surface area contributed by atoms with Gasteiger partial charge in [0.05, 0.1) is 0 Å². The Balaban J connectivity index is 1.99. The normalized spacial score (nSPS) is 26.9. The highest BCUT2D eigenvalue weighted by Crippen LogP contribution is 2.25. The maximum atomic E-state index is 5.82. The van der Waals surface area contributed by atoms with Gasteiger partial charge >= 0.3 is 0 Å². The zero-order valence-corrected chi connectivity index (χ0v) is 9.35. The molecule has 2 rings (SSSR count). The van der Waals surface area contributed by atoms with E-state index < -0.39 is 0 Å². The van der Waals surface area contributed by atoms with Crippen molar-refractivity contribution in [3.63, 3.8) is 0 Å². The van der Waals surface area contributed by atoms with E-state index in [1.165, 1.54) is 19.3 Å². The third kappa shape index (κ3) is 2.50. The number of hydrogen-bond donors (Lipinski definition) is 0. The minimum Gasteiger partial charge on any atom is -0.471 e. The highest BCUT2D eigenvalue weighted by molar-refractivity contribution is 5.04. The molecular weight excluding hydrogens is 192 g/mol. The molecule has 4 heteroatoms. The van der Waals surface area contributed by atoms with Crippen LogP contribution in [0.15, 0.2) is 16.9 Å². The first kappa shape index (κ1) is 10.5. The van der Waals surface area contributed by atoms with Crippen LogP contribution in [0.4, 0.5) is 0 Å². The fraction of sp³-hybridized carbons (Fsp3) is 0.727. The van der Waals surface area contributed by atoms with Crippen molar-refractivity contribution in [2.75, 3.05) is 14.1 Å². The van der Waals surface area contributed by atoms with Crippen molar-refractivity contribution in [2.45, 2.75) is 37.8 Å². The van der Waals surface area contributed by atoms with Crippen molar-refractivity contribution in [2.24, 2.45) is 0 Å². The van der Waals surface area contributed by atoms with E-state index in [0.717, 1.165) is 6.42 Å². The van der Waals surface area contributed by atoms with Crippen LogP contribution in [0.1, 0.15) is 25.7 Å². The predicted molar refractivity (Wildman–Crippen MR) is 56.9 cm³/mol. The summed E-state index contributed by atoms with van der Waals surface area (Å²) in [5, 5.41) is 3.79. The summed E-state index contributed by atoms with van der Waals surface area (Å²) in [6, 6.07) is 2.26. The number of likely N-dealkylation sites (N-methyl/N-ethyl adjacent to an activating group) is 1. The molecule has 15 heavy (non-hydrogen) atoms. The average molecular weight is 210 g/mol. The second-order valence-corrected chi connectivity index (χ2v) is 4.31. The zero-order valence-electron chi connectivity index (χ0n) is 9.35. The van der Waals surface area contributed by atoms with Crippen LogP contribution in [-0.2, 0) is 0 Å². The van der Waals surface area contributed by atoms with Gasteiger partial charge in [-0.1, -0.05) is 6.42 Å². The summed E-state index contributed by atoms with van der Waals surface area (Å²) in [6.45, 7) is 0. The molecule has 1 saturated carbocycles. The van der Waals surface area contributed by atoms with Crippen molar-refractivity contribution >= 4 is 0 Å². The van der Waals surface area contributed by atoms with E-state index in [1.54, 1.807) is 12.3 Å². The Labute approximate surface area is 90.2 Å². The van der Waals surface area contributed by atoms with E-state index in [-0.39, 0.29) is 6.10 Å². The van der Waals surface area contributed by atoms with Crippen LogP contribution in [0.25, 0.3) is 0 Å². The van der Waals surface area contributed by atoms with Gasteiger partial charge in [-0.05, 0) is 38.5 Å². The van der Waals surface area contributed by atoms with Crippen LogP contribution >= 0.6 is 0 Å². The van der Waals surface area contributed by atoms with E-state index in [9.17, 15) is 0 Å². The SMILES string of the molecule is CN(C)[C@@H]1CCCC[C@H]1Oc1ccon1. The summed E-state index contributed by atoms with van der Waals surface area (Å²) >= 11 is 0. The van der Waals surface area contributed by atoms with Gasteiger partial charge in [-0.25, -0.2) is 0 Å². The Bertz CT molecular complexity index is 285. The Kier molecular flexibility index (Phi) is 3.26. The summed E-state index contributed by atoms with van der Waals surface area (Å²) in [7, 11) is 4.21. The van der Waals surface area contributed by atoms with Crippen LogP contribution in [0.3, 0.4) is 0 Å². The molecule has 0 radical (unpaired) electrons. The first-order valence-corrected chi connectivity index (χ1v) is 5.51. The predicted octanol–water partition coefficient (Wildman–Crippen LogP) is 1.93. The van der Waals surface area contributed by atoms with E-state index in [4.69, 9.17) is 9.26 Å². The number of aromatic nitrogens is 1. The Hall–Kier alpha value is -1.03. The first-order chi connectivity index (χ1) is 7.27. The molecule has 0 aromatic carbocycles. The first-order valence-electron chi connectivity index (χ1n) is 5.51. The van der Waals surface area contributed by atoms with Gasteiger partial charge < -0.3 is 14.2 Å². The van der Waals surface area contributed by atoms with Crippen molar-refractivity contribution in [1.29, 1.82) is 0 Å². The van der Waals surface area contributed by atoms with Crippen LogP contribution in [0, 0.1) is 0 Å². The molecule has 0 amide bonds. The molecule has 0 saturated heterocycles. The highest BCUT2D eigenvalue weighted by Gasteiger charge is 2.28. The smallest absolute Gasteiger partial charge is 0.254 e. The lowest BCUT2D eigenvalue weighted by atomic mass is 9.92. The fourth-order valence-electron chi connectivity index (χ4n) is 2.22. The van der Waals surface area contributed by atoms with E-state index in [2.05, 4.69) is 24.2 Å². The van der Waals surface area contributed by atoms with Crippen LogP contribution in [-0.4, -0.2) is 36.3 Å². The highest BCUT2D eigenvalue weighted by atomic mass is 16.5. The minimum atomic E-state index is 0.249. The van der Waals surface area contributed by atoms with Gasteiger partial charge in [0.2, 0.25) is 0 Å². The van der Waals surface area contributed by atoms with E-state index in [0.29, 0.717) is 11.9 Å². The molecule has 1 aliphatic rings. The molecule has 0 N–H and O–H groups in total. The summed E-state index contributed by atoms with van der Waals surface area (Å²) in [6.07, 6.45) is 6.64. The number of hydrogen-bond acceptors (Lipinski definition) is 4. The molecule has 0 unspecified atom stereocenters. The van der Waals surface area contributed by atoms with Crippen molar-refractivity contribution in [3.8, 4) is 5.88 Å². The number of ether oxygens (including phenoxy) is 1. The van der Waals surface area contributed by atoms with E-state index >= 15 is 0 Å². The molecular formula is C11H18N2O2. The molecule has 1 fully saturated rings. The lowest BCUT2D eigenvalue weighted by Crippen LogP contribution is -2.44. The van der Waals surface area contributed by atoms with Crippen LogP contribution in [0.5, 0.6) is 5.88 Å². The third-order valence-corrected chi connectivity index (χ3v) is 3.02. The molecule has 84 valence electrons. The zero-order chi connectivity index (χ0) is 10.7. The molecule has 1 heterocycles. The molecule has 1 aliphatic carbocycles. The number of rotatable bonds is 3. The van der Waals surface area contributed by atoms with Crippen LogP contribution in [0.2, 0.25) is 0 Å². The Morgan fingerprint density at radius 2 is 2.20 bits per heavy atom. The van der Waals surface area contributed by atoms with Gasteiger partial charge in [-0.2, -0.15) is 0 Å². The van der Waals surface area contributed by atoms with Gasteiger partial charge in [0, 0.05) is 12.1 Å². The lowest BCUT2D eigenvalue weighted by molar-refractivity contribution is 0.0561. The summed E-state index contributed by atoms with van der Waals surface area (Å²) < 4.78 is 10.6. The second-order valence-electron chi connectivity index (χ2n) is 4.31. The summed E-state index contributed by atoms with van der Waals surface area (Å²) in [4.78, 5) is 2.24. The standard InChI is InChI=1S/C11H18N2O2/c1-13(2)9-5-3-4-6-10(9)15-11-7-8-14-12-11/h7-10H,3-6H2,1-2H3/t9-,10-/m1/s1. The number of nitrogens with zero attached hydrogens (tertiary/aromatic N) is 2. The second kappa shape index (κ2) is 4.66. The van der Waals surface area contributed by atoms with Gasteiger partial charge in [0.25, 0.3) is 5.88 Å². The van der Waals surface area contributed by atoms with Crippen molar-refractivity contribution < 1.29 is 9.26 Å². The summed E-state index contributed by atoms with van der Waals surface area (Å²) in [5.74, 6) is 0.605. The Morgan fingerprint density at radius 3 is 2.87 bits per heavy atom. The Morgan fingerprint density at radius 1 is 1.40 bits per heavy atom. The third-order valence-electron chi connectivity index (χ3n) is 3.02. The summed E-state index contributed by atoms with van der Waals surface area (Å²) in [5.41, 5.74) is 0. The maximum Gasteiger partial charge on any atom is 0.254 e. The topological polar surface area (TPSA) is 38.5 Å². The quantitative estimate of drug-likeness (QED) is 0.764. The lowest BCUT2D eigenvalue weighted by Gasteiger charge is -2.35. The molecule has 1 aromatic heterocycles. The fourth-order valence-corrected chi connectivity index (χ4v) is 2.22. The average Bonchev–Trinajstić information content (AvgIpc) is 2.71. The van der Waals surface area contributed by atoms with Gasteiger partial charge in [0.15, 0.2) is 0 Å². The largest absolute Gasteiger partial charge is 0.471 e. The molecule has 0 bridgehead atoms. The van der Waals surface area contributed by atoms with Gasteiger partial charge in [-0.15, -0.1) is 0 Å². The van der Waals surface area contributed by atoms with Crippen molar-refractivity contribution in [3.05, 3.63) is 12.3 Å². The monoisotopic (exact) mass is 210 g/mol. The van der Waals surface area contributed by atoms with Gasteiger partial charge in [0.1, 0.15) is 12.4 Å². The minimum absolute atomic E-state index is 0.249. The van der Waals surface area contributed by atoms with Gasteiger partial charge in [-0.3, -0.25) is 0 Å². The van der Waals surface area contributed by atoms with Crippen molar-refractivity contribution in [1.82, 2.24) is 10.1 Å². The molecule has 0 aliphatic heterocycles. The van der Waals surface area contributed by atoms with E-state index in [1.807, 2.05) is 0 Å². The molecule has 0 spiro atoms. The molecule has 4 nitrogen and oxygen atoms in total.